The molecule has 0 bridgehead atoms. The van der Waals surface area contributed by atoms with E-state index in [1.165, 1.54) is 0 Å². The number of nitrogens with zero attached hydrogens (tertiary/aromatic N) is 2. The third-order valence-electron chi connectivity index (χ3n) is 5.34. The maximum atomic E-state index is 13.0. The summed E-state index contributed by atoms with van der Waals surface area (Å²) in [6.45, 7) is 4.58. The van der Waals surface area contributed by atoms with Crippen molar-refractivity contribution in [2.45, 2.75) is 38.6 Å². The Bertz CT molecular complexity index is 808. The van der Waals surface area contributed by atoms with Gasteiger partial charge < -0.3 is 18.8 Å². The van der Waals surface area contributed by atoms with Crippen molar-refractivity contribution >= 4 is 5.91 Å². The number of fused-ring (bicyclic) bond motifs is 1. The number of carbonyl (C=O) groups excluding carboxylic acids is 1. The van der Waals surface area contributed by atoms with E-state index >= 15 is 0 Å². The Hall–Kier alpha value is -2.34. The van der Waals surface area contributed by atoms with Gasteiger partial charge >= 0.3 is 0 Å². The van der Waals surface area contributed by atoms with Crippen LogP contribution in [-0.2, 0) is 17.7 Å². The van der Waals surface area contributed by atoms with Crippen LogP contribution in [0.15, 0.2) is 22.6 Å². The summed E-state index contributed by atoms with van der Waals surface area (Å²) in [6.07, 6.45) is 2.61. The van der Waals surface area contributed by atoms with Crippen molar-refractivity contribution in [1.29, 1.82) is 0 Å². The second-order valence-corrected chi connectivity index (χ2v) is 6.92. The molecule has 0 N–H and O–H groups in total. The fraction of sp³-hybridized carbons (Fsp3) is 0.500. The Morgan fingerprint density at radius 2 is 2.12 bits per heavy atom. The lowest BCUT2D eigenvalue weighted by Gasteiger charge is -2.26. The zero-order chi connectivity index (χ0) is 18.1. The minimum Gasteiger partial charge on any atom is -0.496 e. The summed E-state index contributed by atoms with van der Waals surface area (Å²) in [5, 5.41) is 0. The van der Waals surface area contributed by atoms with Crippen molar-refractivity contribution in [2.75, 3.05) is 26.9 Å². The molecule has 3 heterocycles. The first-order valence-electron chi connectivity index (χ1n) is 9.16. The fourth-order valence-electron chi connectivity index (χ4n) is 3.75. The Kier molecular flexibility index (Phi) is 4.68. The van der Waals surface area contributed by atoms with Crippen LogP contribution in [0.2, 0.25) is 0 Å². The van der Waals surface area contributed by atoms with Crippen LogP contribution < -0.4 is 4.74 Å². The maximum Gasteiger partial charge on any atom is 0.254 e. The van der Waals surface area contributed by atoms with Gasteiger partial charge in [-0.3, -0.25) is 4.79 Å². The van der Waals surface area contributed by atoms with Gasteiger partial charge in [0.2, 0.25) is 0 Å². The molecule has 4 rings (SSSR count). The summed E-state index contributed by atoms with van der Waals surface area (Å²) in [5.74, 6) is 2.82. The first kappa shape index (κ1) is 17.1. The van der Waals surface area contributed by atoms with Crippen molar-refractivity contribution in [3.63, 3.8) is 0 Å². The van der Waals surface area contributed by atoms with Crippen LogP contribution in [0.3, 0.4) is 0 Å². The van der Waals surface area contributed by atoms with Crippen LogP contribution >= 0.6 is 0 Å². The minimum atomic E-state index is 0.0164. The fourth-order valence-corrected chi connectivity index (χ4v) is 3.75. The highest BCUT2D eigenvalue weighted by Gasteiger charge is 2.29. The van der Waals surface area contributed by atoms with Crippen LogP contribution in [0.4, 0.5) is 0 Å². The Labute approximate surface area is 153 Å². The van der Waals surface area contributed by atoms with E-state index in [1.54, 1.807) is 7.11 Å². The first-order chi connectivity index (χ1) is 12.7. The zero-order valence-corrected chi connectivity index (χ0v) is 15.3. The number of methoxy groups -OCH3 is 1. The molecule has 1 aromatic heterocycles. The molecule has 2 aliphatic heterocycles. The summed E-state index contributed by atoms with van der Waals surface area (Å²) in [4.78, 5) is 19.6. The van der Waals surface area contributed by atoms with E-state index in [0.717, 1.165) is 54.7 Å². The Balaban J connectivity index is 1.53. The largest absolute Gasteiger partial charge is 0.496 e. The van der Waals surface area contributed by atoms with E-state index in [4.69, 9.17) is 18.9 Å². The van der Waals surface area contributed by atoms with Crippen molar-refractivity contribution in [2.24, 2.45) is 0 Å². The van der Waals surface area contributed by atoms with Gasteiger partial charge in [0.15, 0.2) is 5.89 Å². The van der Waals surface area contributed by atoms with Crippen molar-refractivity contribution < 1.29 is 18.7 Å². The molecule has 1 fully saturated rings. The van der Waals surface area contributed by atoms with E-state index in [-0.39, 0.29) is 5.91 Å². The summed E-state index contributed by atoms with van der Waals surface area (Å²) in [6, 6.07) is 5.58. The summed E-state index contributed by atoms with van der Waals surface area (Å²) >= 11 is 0. The van der Waals surface area contributed by atoms with Crippen LogP contribution in [0.1, 0.15) is 52.0 Å². The number of hydrogen-bond acceptors (Lipinski definition) is 5. The third-order valence-corrected chi connectivity index (χ3v) is 5.34. The average Bonchev–Trinajstić information content (AvgIpc) is 3.11. The third kappa shape index (κ3) is 3.09. The average molecular weight is 356 g/mol. The molecule has 1 aromatic carbocycles. The molecule has 0 saturated carbocycles. The molecule has 0 aliphatic carbocycles. The summed E-state index contributed by atoms with van der Waals surface area (Å²) in [7, 11) is 1.62. The normalized spacial score (nSPS) is 17.8. The van der Waals surface area contributed by atoms with Gasteiger partial charge in [-0.05, 0) is 31.9 Å². The lowest BCUT2D eigenvalue weighted by Crippen LogP contribution is -2.36. The molecule has 0 radical (unpaired) electrons. The second kappa shape index (κ2) is 7.11. The van der Waals surface area contributed by atoms with E-state index in [1.807, 2.05) is 30.0 Å². The summed E-state index contributed by atoms with van der Waals surface area (Å²) < 4.78 is 16.8. The van der Waals surface area contributed by atoms with Crippen molar-refractivity contribution in [3.8, 4) is 5.75 Å². The first-order valence-corrected chi connectivity index (χ1v) is 9.16. The molecule has 0 unspecified atom stereocenters. The molecule has 6 heteroatoms. The molecule has 0 atom stereocenters. The topological polar surface area (TPSA) is 64.8 Å². The van der Waals surface area contributed by atoms with Crippen LogP contribution in [0.5, 0.6) is 5.75 Å². The van der Waals surface area contributed by atoms with Crippen molar-refractivity contribution in [3.05, 3.63) is 46.7 Å². The van der Waals surface area contributed by atoms with Gasteiger partial charge in [-0.25, -0.2) is 4.98 Å². The smallest absolute Gasteiger partial charge is 0.254 e. The quantitative estimate of drug-likeness (QED) is 0.846. The van der Waals surface area contributed by atoms with Gasteiger partial charge in [0.1, 0.15) is 17.2 Å². The summed E-state index contributed by atoms with van der Waals surface area (Å²) in [5.41, 5.74) is 2.45. The molecular formula is C20H24N2O4. The van der Waals surface area contributed by atoms with Crippen molar-refractivity contribution in [1.82, 2.24) is 9.88 Å². The van der Waals surface area contributed by atoms with E-state index in [9.17, 15) is 4.79 Å². The van der Waals surface area contributed by atoms with E-state index in [0.29, 0.717) is 31.0 Å². The molecule has 0 spiro atoms. The number of benzene rings is 1. The highest BCUT2D eigenvalue weighted by atomic mass is 16.5. The highest BCUT2D eigenvalue weighted by Crippen LogP contribution is 2.31. The van der Waals surface area contributed by atoms with Gasteiger partial charge in [0, 0.05) is 43.2 Å². The molecular weight excluding hydrogens is 332 g/mol. The number of aromatic nitrogens is 1. The number of rotatable bonds is 3. The highest BCUT2D eigenvalue weighted by molar-refractivity contribution is 5.96. The van der Waals surface area contributed by atoms with Gasteiger partial charge in [0.25, 0.3) is 5.91 Å². The lowest BCUT2D eigenvalue weighted by molar-refractivity contribution is 0.0724. The lowest BCUT2D eigenvalue weighted by atomic mass is 10.0. The number of oxazole rings is 1. The van der Waals surface area contributed by atoms with E-state index < -0.39 is 0 Å². The standard InChI is InChI=1S/C20H24N2O4/c1-13-15(4-3-5-17(13)24-2)20(23)22-9-6-18-16(12-22)21-19(26-18)14-7-10-25-11-8-14/h3-5,14H,6-12H2,1-2H3. The number of hydrogen-bond donors (Lipinski definition) is 0. The van der Waals surface area contributed by atoms with Gasteiger partial charge in [-0.1, -0.05) is 6.07 Å². The predicted octanol–water partition coefficient (Wildman–Crippen LogP) is 3.08. The maximum absolute atomic E-state index is 13.0. The number of carbonyl (C=O) groups is 1. The predicted molar refractivity (Wildman–Crippen MR) is 95.5 cm³/mol. The minimum absolute atomic E-state index is 0.0164. The SMILES string of the molecule is COc1cccc(C(=O)N2CCc3oc(C4CCOCC4)nc3C2)c1C. The second-order valence-electron chi connectivity index (χ2n) is 6.92. The Morgan fingerprint density at radius 1 is 1.31 bits per heavy atom. The Morgan fingerprint density at radius 3 is 2.88 bits per heavy atom. The molecule has 138 valence electrons. The van der Waals surface area contributed by atoms with Gasteiger partial charge in [-0.15, -0.1) is 0 Å². The molecule has 1 saturated heterocycles. The molecule has 1 amide bonds. The van der Waals surface area contributed by atoms with Gasteiger partial charge in [0.05, 0.1) is 13.7 Å². The monoisotopic (exact) mass is 356 g/mol. The molecule has 2 aliphatic rings. The van der Waals surface area contributed by atoms with Crippen LogP contribution in [-0.4, -0.2) is 42.7 Å². The van der Waals surface area contributed by atoms with E-state index in [2.05, 4.69) is 0 Å². The zero-order valence-electron chi connectivity index (χ0n) is 15.3. The van der Waals surface area contributed by atoms with Gasteiger partial charge in [-0.2, -0.15) is 0 Å². The molecule has 2 aromatic rings. The molecule has 6 nitrogen and oxygen atoms in total. The van der Waals surface area contributed by atoms with Crippen LogP contribution in [0.25, 0.3) is 0 Å². The number of ether oxygens (including phenoxy) is 2. The van der Waals surface area contributed by atoms with Crippen LogP contribution in [0, 0.1) is 6.92 Å². The molecule has 26 heavy (non-hydrogen) atoms. The number of amides is 1.